The van der Waals surface area contributed by atoms with E-state index in [2.05, 4.69) is 18.8 Å². The maximum Gasteiger partial charge on any atom is 0.0404 e. The van der Waals surface area contributed by atoms with Gasteiger partial charge in [0.15, 0.2) is 0 Å². The second-order valence-electron chi connectivity index (χ2n) is 2.34. The number of hydrogen-bond acceptors (Lipinski definition) is 1. The van der Waals surface area contributed by atoms with Gasteiger partial charge in [-0.2, -0.15) is 0 Å². The SMILES string of the molecule is CC.Cc1ccnc(C)c1C. The molecule has 1 aromatic rings. The Balaban J connectivity index is 0.000000461. The minimum absolute atomic E-state index is 1.13. The van der Waals surface area contributed by atoms with Gasteiger partial charge in [0, 0.05) is 11.9 Å². The Morgan fingerprint density at radius 1 is 1.09 bits per heavy atom. The molecule has 0 saturated carbocycles. The summed E-state index contributed by atoms with van der Waals surface area (Å²) in [7, 11) is 0. The largest absolute Gasteiger partial charge is 0.261 e. The van der Waals surface area contributed by atoms with E-state index in [-0.39, 0.29) is 0 Å². The van der Waals surface area contributed by atoms with Crippen LogP contribution in [0, 0.1) is 20.8 Å². The van der Waals surface area contributed by atoms with Crippen molar-refractivity contribution in [3.8, 4) is 0 Å². The third-order valence-electron chi connectivity index (χ3n) is 1.73. The van der Waals surface area contributed by atoms with E-state index in [1.807, 2.05) is 33.0 Å². The molecule has 1 nitrogen and oxygen atoms in total. The van der Waals surface area contributed by atoms with Crippen molar-refractivity contribution in [3.63, 3.8) is 0 Å². The van der Waals surface area contributed by atoms with Gasteiger partial charge in [0.25, 0.3) is 0 Å². The topological polar surface area (TPSA) is 12.9 Å². The number of aromatic nitrogens is 1. The first-order valence-corrected chi connectivity index (χ1v) is 4.10. The summed E-state index contributed by atoms with van der Waals surface area (Å²) >= 11 is 0. The van der Waals surface area contributed by atoms with Crippen molar-refractivity contribution < 1.29 is 0 Å². The lowest BCUT2D eigenvalue weighted by molar-refractivity contribution is 1.12. The predicted octanol–water partition coefficient (Wildman–Crippen LogP) is 3.03. The summed E-state index contributed by atoms with van der Waals surface area (Å²) in [5.74, 6) is 0. The van der Waals surface area contributed by atoms with Crippen LogP contribution in [-0.2, 0) is 0 Å². The van der Waals surface area contributed by atoms with Crippen LogP contribution in [0.1, 0.15) is 30.7 Å². The average molecular weight is 151 g/mol. The van der Waals surface area contributed by atoms with Crippen molar-refractivity contribution in [1.29, 1.82) is 0 Å². The van der Waals surface area contributed by atoms with E-state index in [0.717, 1.165) is 5.69 Å². The van der Waals surface area contributed by atoms with Crippen LogP contribution in [0.15, 0.2) is 12.3 Å². The lowest BCUT2D eigenvalue weighted by Gasteiger charge is -1.99. The van der Waals surface area contributed by atoms with Gasteiger partial charge in [0.1, 0.15) is 0 Å². The molecule has 0 spiro atoms. The number of aryl methyl sites for hydroxylation is 2. The summed E-state index contributed by atoms with van der Waals surface area (Å²) in [4.78, 5) is 4.14. The molecule has 0 amide bonds. The zero-order valence-corrected chi connectivity index (χ0v) is 8.10. The van der Waals surface area contributed by atoms with Gasteiger partial charge in [-0.15, -0.1) is 0 Å². The Labute approximate surface area is 69.5 Å². The van der Waals surface area contributed by atoms with E-state index in [4.69, 9.17) is 0 Å². The smallest absolute Gasteiger partial charge is 0.0404 e. The number of pyridine rings is 1. The van der Waals surface area contributed by atoms with Crippen molar-refractivity contribution in [2.45, 2.75) is 34.6 Å². The molecule has 0 aromatic carbocycles. The van der Waals surface area contributed by atoms with Gasteiger partial charge in [-0.3, -0.25) is 4.98 Å². The van der Waals surface area contributed by atoms with Crippen LogP contribution in [0.25, 0.3) is 0 Å². The van der Waals surface area contributed by atoms with Gasteiger partial charge in [-0.1, -0.05) is 13.8 Å². The van der Waals surface area contributed by atoms with E-state index in [0.29, 0.717) is 0 Å². The van der Waals surface area contributed by atoms with E-state index in [1.54, 1.807) is 0 Å². The zero-order valence-electron chi connectivity index (χ0n) is 8.10. The second kappa shape index (κ2) is 4.89. The van der Waals surface area contributed by atoms with Gasteiger partial charge >= 0.3 is 0 Å². The number of hydrogen-bond donors (Lipinski definition) is 0. The molecule has 11 heavy (non-hydrogen) atoms. The molecular weight excluding hydrogens is 134 g/mol. The van der Waals surface area contributed by atoms with Crippen molar-refractivity contribution in [1.82, 2.24) is 4.98 Å². The summed E-state index contributed by atoms with van der Waals surface area (Å²) in [5.41, 5.74) is 3.76. The van der Waals surface area contributed by atoms with Gasteiger partial charge in [-0.05, 0) is 38.0 Å². The third-order valence-corrected chi connectivity index (χ3v) is 1.73. The Hall–Kier alpha value is -0.850. The molecule has 0 aliphatic carbocycles. The first kappa shape index (κ1) is 10.2. The highest BCUT2D eigenvalue weighted by Gasteiger charge is 1.93. The molecule has 0 aliphatic rings. The van der Waals surface area contributed by atoms with Gasteiger partial charge in [-0.25, -0.2) is 0 Å². The highest BCUT2D eigenvalue weighted by Crippen LogP contribution is 2.06. The number of nitrogens with zero attached hydrogens (tertiary/aromatic N) is 1. The van der Waals surface area contributed by atoms with E-state index < -0.39 is 0 Å². The fourth-order valence-electron chi connectivity index (χ4n) is 0.768. The monoisotopic (exact) mass is 151 g/mol. The zero-order chi connectivity index (χ0) is 8.85. The lowest BCUT2D eigenvalue weighted by atomic mass is 10.1. The summed E-state index contributed by atoms with van der Waals surface area (Å²) in [6, 6.07) is 2.03. The second-order valence-corrected chi connectivity index (χ2v) is 2.34. The van der Waals surface area contributed by atoms with Crippen molar-refractivity contribution in [2.24, 2.45) is 0 Å². The summed E-state index contributed by atoms with van der Waals surface area (Å²) in [6.07, 6.45) is 1.84. The molecule has 1 heteroatoms. The van der Waals surface area contributed by atoms with Crippen LogP contribution in [0.3, 0.4) is 0 Å². The molecule has 1 heterocycles. The Bertz CT molecular complexity index is 196. The summed E-state index contributed by atoms with van der Waals surface area (Å²) in [6.45, 7) is 10.2. The maximum absolute atomic E-state index is 4.14. The summed E-state index contributed by atoms with van der Waals surface area (Å²) < 4.78 is 0. The van der Waals surface area contributed by atoms with Crippen LogP contribution in [0.4, 0.5) is 0 Å². The molecule has 0 bridgehead atoms. The molecule has 0 aliphatic heterocycles. The molecule has 1 rings (SSSR count). The molecule has 0 unspecified atom stereocenters. The van der Waals surface area contributed by atoms with Crippen LogP contribution in [0.5, 0.6) is 0 Å². The van der Waals surface area contributed by atoms with Gasteiger partial charge in [0.05, 0.1) is 0 Å². The van der Waals surface area contributed by atoms with E-state index in [1.165, 1.54) is 11.1 Å². The van der Waals surface area contributed by atoms with E-state index >= 15 is 0 Å². The fourth-order valence-corrected chi connectivity index (χ4v) is 0.768. The number of rotatable bonds is 0. The predicted molar refractivity (Wildman–Crippen MR) is 49.8 cm³/mol. The molecular formula is C10H17N. The minimum Gasteiger partial charge on any atom is -0.261 e. The normalized spacial score (nSPS) is 8.45. The highest BCUT2D eigenvalue weighted by atomic mass is 14.7. The Kier molecular flexibility index (Phi) is 4.51. The maximum atomic E-state index is 4.14. The molecule has 62 valence electrons. The standard InChI is InChI=1S/C8H11N.C2H6/c1-6-4-5-9-8(3)7(6)2;1-2/h4-5H,1-3H3;1-2H3. The fraction of sp³-hybridized carbons (Fsp3) is 0.500. The van der Waals surface area contributed by atoms with Crippen molar-refractivity contribution in [3.05, 3.63) is 29.1 Å². The third kappa shape index (κ3) is 2.71. The summed E-state index contributed by atoms with van der Waals surface area (Å²) in [5, 5.41) is 0. The Morgan fingerprint density at radius 3 is 2.00 bits per heavy atom. The van der Waals surface area contributed by atoms with Gasteiger partial charge in [0.2, 0.25) is 0 Å². The molecule has 0 fully saturated rings. The van der Waals surface area contributed by atoms with Crippen LogP contribution >= 0.6 is 0 Å². The Morgan fingerprint density at radius 2 is 1.64 bits per heavy atom. The molecule has 1 aromatic heterocycles. The molecule has 0 atom stereocenters. The molecule has 0 saturated heterocycles. The van der Waals surface area contributed by atoms with Crippen LogP contribution in [-0.4, -0.2) is 4.98 Å². The van der Waals surface area contributed by atoms with Crippen LogP contribution < -0.4 is 0 Å². The van der Waals surface area contributed by atoms with Crippen LogP contribution in [0.2, 0.25) is 0 Å². The quantitative estimate of drug-likeness (QED) is 0.555. The van der Waals surface area contributed by atoms with Crippen molar-refractivity contribution >= 4 is 0 Å². The minimum atomic E-state index is 1.13. The first-order chi connectivity index (χ1) is 5.22. The van der Waals surface area contributed by atoms with E-state index in [9.17, 15) is 0 Å². The molecule has 0 N–H and O–H groups in total. The first-order valence-electron chi connectivity index (χ1n) is 4.10. The lowest BCUT2D eigenvalue weighted by Crippen LogP contribution is -1.87. The van der Waals surface area contributed by atoms with Crippen molar-refractivity contribution in [2.75, 3.05) is 0 Å². The van der Waals surface area contributed by atoms with Gasteiger partial charge < -0.3 is 0 Å². The average Bonchev–Trinajstić information content (AvgIpc) is 2.04. The molecule has 0 radical (unpaired) electrons. The highest BCUT2D eigenvalue weighted by molar-refractivity contribution is 5.25.